The molecule has 1 N–H and O–H groups in total. The SMILES string of the molecule is Cc1ccc2nc(-c3cccc(NC(=O)COc4c(C)cccc4C)c3)cn2c1. The van der Waals surface area contributed by atoms with E-state index in [0.717, 1.165) is 33.8 Å². The molecule has 0 aliphatic rings. The van der Waals surface area contributed by atoms with Crippen LogP contribution in [-0.4, -0.2) is 21.9 Å². The van der Waals surface area contributed by atoms with Gasteiger partial charge in [0.15, 0.2) is 6.61 Å². The van der Waals surface area contributed by atoms with Crippen molar-refractivity contribution in [1.82, 2.24) is 9.38 Å². The van der Waals surface area contributed by atoms with E-state index in [1.165, 1.54) is 5.56 Å². The predicted octanol–water partition coefficient (Wildman–Crippen LogP) is 4.94. The zero-order chi connectivity index (χ0) is 20.4. The molecule has 29 heavy (non-hydrogen) atoms. The third-order valence-corrected chi connectivity index (χ3v) is 4.80. The molecule has 0 bridgehead atoms. The van der Waals surface area contributed by atoms with Crippen molar-refractivity contribution in [2.24, 2.45) is 0 Å². The van der Waals surface area contributed by atoms with Gasteiger partial charge in [-0.3, -0.25) is 4.79 Å². The molecule has 5 heteroatoms. The number of nitrogens with one attached hydrogen (secondary N) is 1. The Morgan fingerprint density at radius 1 is 1.00 bits per heavy atom. The third-order valence-electron chi connectivity index (χ3n) is 4.80. The molecule has 0 fully saturated rings. The molecular formula is C24H23N3O2. The summed E-state index contributed by atoms with van der Waals surface area (Å²) < 4.78 is 7.75. The Morgan fingerprint density at radius 3 is 2.55 bits per heavy atom. The lowest BCUT2D eigenvalue weighted by Crippen LogP contribution is -2.20. The summed E-state index contributed by atoms with van der Waals surface area (Å²) in [7, 11) is 0. The fourth-order valence-electron chi connectivity index (χ4n) is 3.36. The number of anilines is 1. The minimum absolute atomic E-state index is 0.0381. The summed E-state index contributed by atoms with van der Waals surface area (Å²) in [6.07, 6.45) is 4.04. The second-order valence-electron chi connectivity index (χ2n) is 7.24. The Morgan fingerprint density at radius 2 is 1.76 bits per heavy atom. The number of nitrogens with zero attached hydrogens (tertiary/aromatic N) is 2. The minimum Gasteiger partial charge on any atom is -0.483 e. The molecule has 5 nitrogen and oxygen atoms in total. The highest BCUT2D eigenvalue weighted by Crippen LogP contribution is 2.24. The van der Waals surface area contributed by atoms with E-state index in [0.29, 0.717) is 5.69 Å². The molecule has 0 aliphatic heterocycles. The Hall–Kier alpha value is -3.60. The summed E-state index contributed by atoms with van der Waals surface area (Å²) in [4.78, 5) is 17.0. The van der Waals surface area contributed by atoms with Crippen LogP contribution >= 0.6 is 0 Å². The van der Waals surface area contributed by atoms with Gasteiger partial charge in [-0.05, 0) is 55.7 Å². The van der Waals surface area contributed by atoms with E-state index in [9.17, 15) is 4.79 Å². The molecular weight excluding hydrogens is 362 g/mol. The van der Waals surface area contributed by atoms with Gasteiger partial charge in [-0.1, -0.05) is 36.4 Å². The summed E-state index contributed by atoms with van der Waals surface area (Å²) in [6, 6.07) is 17.6. The average molecular weight is 385 g/mol. The van der Waals surface area contributed by atoms with Gasteiger partial charge >= 0.3 is 0 Å². The molecule has 4 aromatic rings. The standard InChI is InChI=1S/C24H23N3O2/c1-16-10-11-22-26-21(14-27(22)13-16)19-8-5-9-20(12-19)25-23(28)15-29-24-17(2)6-4-7-18(24)3/h4-14H,15H2,1-3H3,(H,25,28). The van der Waals surface area contributed by atoms with Gasteiger partial charge in [0, 0.05) is 23.6 Å². The number of hydrogen-bond acceptors (Lipinski definition) is 3. The van der Waals surface area contributed by atoms with Crippen LogP contribution in [0.3, 0.4) is 0 Å². The second-order valence-corrected chi connectivity index (χ2v) is 7.24. The van der Waals surface area contributed by atoms with Crippen molar-refractivity contribution >= 4 is 17.2 Å². The molecule has 2 heterocycles. The molecule has 0 saturated carbocycles. The number of pyridine rings is 1. The van der Waals surface area contributed by atoms with Crippen molar-refractivity contribution in [2.75, 3.05) is 11.9 Å². The smallest absolute Gasteiger partial charge is 0.262 e. The van der Waals surface area contributed by atoms with E-state index < -0.39 is 0 Å². The molecule has 0 atom stereocenters. The fourth-order valence-corrected chi connectivity index (χ4v) is 3.36. The first-order valence-corrected chi connectivity index (χ1v) is 9.54. The zero-order valence-electron chi connectivity index (χ0n) is 16.8. The molecule has 0 spiro atoms. The van der Waals surface area contributed by atoms with Crippen LogP contribution in [0.2, 0.25) is 0 Å². The van der Waals surface area contributed by atoms with Crippen molar-refractivity contribution in [3.63, 3.8) is 0 Å². The normalized spacial score (nSPS) is 10.9. The van der Waals surface area contributed by atoms with Crippen LogP contribution in [0.15, 0.2) is 67.0 Å². The number of ether oxygens (including phenoxy) is 1. The summed E-state index contributed by atoms with van der Waals surface area (Å²) in [5.74, 6) is 0.562. The lowest BCUT2D eigenvalue weighted by atomic mass is 10.1. The highest BCUT2D eigenvalue weighted by Gasteiger charge is 2.09. The Bertz CT molecular complexity index is 1170. The molecule has 0 unspecified atom stereocenters. The summed E-state index contributed by atoms with van der Waals surface area (Å²) >= 11 is 0. The maximum atomic E-state index is 12.4. The average Bonchev–Trinajstić information content (AvgIpc) is 3.11. The first kappa shape index (κ1) is 18.7. The first-order valence-electron chi connectivity index (χ1n) is 9.54. The van der Waals surface area contributed by atoms with Gasteiger partial charge in [-0.2, -0.15) is 0 Å². The Kier molecular flexibility index (Phi) is 5.04. The number of aryl methyl sites for hydroxylation is 3. The van der Waals surface area contributed by atoms with Crippen LogP contribution in [0.5, 0.6) is 5.75 Å². The highest BCUT2D eigenvalue weighted by molar-refractivity contribution is 5.92. The van der Waals surface area contributed by atoms with Crippen LogP contribution in [0, 0.1) is 20.8 Å². The van der Waals surface area contributed by atoms with Crippen LogP contribution in [0.25, 0.3) is 16.9 Å². The number of fused-ring (bicyclic) bond motifs is 1. The van der Waals surface area contributed by atoms with E-state index in [1.807, 2.05) is 85.2 Å². The first-order chi connectivity index (χ1) is 14.0. The van der Waals surface area contributed by atoms with Crippen molar-refractivity contribution in [3.05, 3.63) is 83.7 Å². The minimum atomic E-state index is -0.199. The summed E-state index contributed by atoms with van der Waals surface area (Å²) in [6.45, 7) is 5.96. The van der Waals surface area contributed by atoms with Crippen LogP contribution in [0.1, 0.15) is 16.7 Å². The maximum Gasteiger partial charge on any atom is 0.262 e. The largest absolute Gasteiger partial charge is 0.483 e. The molecule has 146 valence electrons. The number of imidazole rings is 1. The number of rotatable bonds is 5. The van der Waals surface area contributed by atoms with E-state index >= 15 is 0 Å². The number of aromatic nitrogens is 2. The van der Waals surface area contributed by atoms with Gasteiger partial charge in [0.1, 0.15) is 11.4 Å². The molecule has 0 aliphatic carbocycles. The van der Waals surface area contributed by atoms with Crippen molar-refractivity contribution in [3.8, 4) is 17.0 Å². The lowest BCUT2D eigenvalue weighted by Gasteiger charge is -2.12. The van der Waals surface area contributed by atoms with Crippen LogP contribution < -0.4 is 10.1 Å². The van der Waals surface area contributed by atoms with E-state index in [2.05, 4.69) is 17.2 Å². The zero-order valence-corrected chi connectivity index (χ0v) is 16.8. The van der Waals surface area contributed by atoms with Gasteiger partial charge in [-0.15, -0.1) is 0 Å². The van der Waals surface area contributed by atoms with Crippen LogP contribution in [-0.2, 0) is 4.79 Å². The number of para-hydroxylation sites is 1. The fraction of sp³-hybridized carbons (Fsp3) is 0.167. The monoisotopic (exact) mass is 385 g/mol. The van der Waals surface area contributed by atoms with Gasteiger partial charge in [0.25, 0.3) is 5.91 Å². The molecule has 2 aromatic heterocycles. The summed E-state index contributed by atoms with van der Waals surface area (Å²) in [5.41, 5.74) is 6.61. The second kappa shape index (κ2) is 7.80. The molecule has 1 amide bonds. The van der Waals surface area contributed by atoms with Crippen LogP contribution in [0.4, 0.5) is 5.69 Å². The van der Waals surface area contributed by atoms with Crippen molar-refractivity contribution in [2.45, 2.75) is 20.8 Å². The number of benzene rings is 2. The lowest BCUT2D eigenvalue weighted by molar-refractivity contribution is -0.118. The topological polar surface area (TPSA) is 55.6 Å². The maximum absolute atomic E-state index is 12.4. The molecule has 0 radical (unpaired) electrons. The molecule has 0 saturated heterocycles. The van der Waals surface area contributed by atoms with Gasteiger partial charge in [0.2, 0.25) is 0 Å². The van der Waals surface area contributed by atoms with Gasteiger partial charge < -0.3 is 14.5 Å². The third kappa shape index (κ3) is 4.14. The molecule has 2 aromatic carbocycles. The van der Waals surface area contributed by atoms with E-state index in [4.69, 9.17) is 4.74 Å². The quantitative estimate of drug-likeness (QED) is 0.529. The Labute approximate surface area is 170 Å². The number of hydrogen-bond donors (Lipinski definition) is 1. The van der Waals surface area contributed by atoms with Crippen molar-refractivity contribution in [1.29, 1.82) is 0 Å². The predicted molar refractivity (Wildman–Crippen MR) is 115 cm³/mol. The summed E-state index contributed by atoms with van der Waals surface area (Å²) in [5, 5.41) is 2.91. The number of amides is 1. The molecule has 4 rings (SSSR count). The van der Waals surface area contributed by atoms with Crippen molar-refractivity contribution < 1.29 is 9.53 Å². The Balaban J connectivity index is 1.47. The van der Waals surface area contributed by atoms with Gasteiger partial charge in [-0.25, -0.2) is 4.98 Å². The van der Waals surface area contributed by atoms with E-state index in [-0.39, 0.29) is 12.5 Å². The van der Waals surface area contributed by atoms with E-state index in [1.54, 1.807) is 0 Å². The highest BCUT2D eigenvalue weighted by atomic mass is 16.5. The number of carbonyl (C=O) groups excluding carboxylic acids is 1. The number of carbonyl (C=O) groups is 1. The van der Waals surface area contributed by atoms with Gasteiger partial charge in [0.05, 0.1) is 5.69 Å².